The van der Waals surface area contributed by atoms with Gasteiger partial charge in [0.05, 0.1) is 31.3 Å². The van der Waals surface area contributed by atoms with Gasteiger partial charge in [0.2, 0.25) is 5.95 Å². The number of rotatable bonds is 8. The molecule has 9 heteroatoms. The van der Waals surface area contributed by atoms with Crippen molar-refractivity contribution in [2.45, 2.75) is 18.7 Å². The Balaban J connectivity index is 2.31. The monoisotopic (exact) mass is 366 g/mol. The molecular weight excluding hydrogens is 344 g/mol. The Hall–Kier alpha value is -2.55. The molecule has 0 saturated heterocycles. The highest BCUT2D eigenvalue weighted by molar-refractivity contribution is 7.92. The topological polar surface area (TPSA) is 93.7 Å². The molecule has 0 radical (unpaired) electrons. The predicted octanol–water partition coefficient (Wildman–Crippen LogP) is 2.14. The number of hydrogen-bond donors (Lipinski definition) is 1. The highest BCUT2D eigenvalue weighted by atomic mass is 32.2. The average molecular weight is 366 g/mol. The summed E-state index contributed by atoms with van der Waals surface area (Å²) in [6.07, 6.45) is 2.82. The summed E-state index contributed by atoms with van der Waals surface area (Å²) in [5, 5.41) is 0. The van der Waals surface area contributed by atoms with Gasteiger partial charge in [-0.1, -0.05) is 0 Å². The van der Waals surface area contributed by atoms with Crippen molar-refractivity contribution in [3.8, 4) is 11.5 Å². The lowest BCUT2D eigenvalue weighted by Crippen LogP contribution is -2.16. The summed E-state index contributed by atoms with van der Waals surface area (Å²) >= 11 is 0. The number of nitrogens with zero attached hydrogens (tertiary/aromatic N) is 3. The van der Waals surface area contributed by atoms with E-state index in [2.05, 4.69) is 14.7 Å². The molecule has 0 unspecified atom stereocenters. The van der Waals surface area contributed by atoms with Gasteiger partial charge in [-0.05, 0) is 26.0 Å². The Kier molecular flexibility index (Phi) is 6.02. The first kappa shape index (κ1) is 18.8. The van der Waals surface area contributed by atoms with Gasteiger partial charge in [0.25, 0.3) is 10.0 Å². The molecule has 1 aromatic heterocycles. The molecule has 0 fully saturated rings. The van der Waals surface area contributed by atoms with E-state index in [0.29, 0.717) is 24.9 Å². The van der Waals surface area contributed by atoms with Gasteiger partial charge in [0.1, 0.15) is 16.4 Å². The highest BCUT2D eigenvalue weighted by Crippen LogP contribution is 2.30. The maximum Gasteiger partial charge on any atom is 0.265 e. The fourth-order valence-electron chi connectivity index (χ4n) is 2.05. The third-order valence-corrected chi connectivity index (χ3v) is 4.53. The molecule has 0 amide bonds. The summed E-state index contributed by atoms with van der Waals surface area (Å²) in [4.78, 5) is 9.92. The normalized spacial score (nSPS) is 11.0. The first-order valence-electron chi connectivity index (χ1n) is 7.79. The zero-order valence-electron chi connectivity index (χ0n) is 14.7. The van der Waals surface area contributed by atoms with Crippen molar-refractivity contribution in [1.29, 1.82) is 0 Å². The number of aromatic nitrogens is 2. The van der Waals surface area contributed by atoms with Crippen LogP contribution in [0.15, 0.2) is 35.5 Å². The Bertz CT molecular complexity index is 807. The van der Waals surface area contributed by atoms with E-state index in [1.54, 1.807) is 38.1 Å². The van der Waals surface area contributed by atoms with Crippen LogP contribution in [0.4, 0.5) is 11.6 Å². The van der Waals surface area contributed by atoms with E-state index in [9.17, 15) is 8.42 Å². The summed E-state index contributed by atoms with van der Waals surface area (Å²) < 4.78 is 38.7. The molecule has 0 atom stereocenters. The van der Waals surface area contributed by atoms with Crippen molar-refractivity contribution < 1.29 is 17.9 Å². The number of ether oxygens (including phenoxy) is 2. The number of anilines is 2. The smallest absolute Gasteiger partial charge is 0.265 e. The van der Waals surface area contributed by atoms with E-state index in [1.807, 2.05) is 6.92 Å². The van der Waals surface area contributed by atoms with E-state index in [1.165, 1.54) is 18.5 Å². The molecule has 0 aliphatic carbocycles. The lowest BCUT2D eigenvalue weighted by atomic mass is 10.3. The third-order valence-electron chi connectivity index (χ3n) is 3.11. The van der Waals surface area contributed by atoms with E-state index in [0.717, 1.165) is 0 Å². The molecule has 1 heterocycles. The Morgan fingerprint density at radius 1 is 1.08 bits per heavy atom. The van der Waals surface area contributed by atoms with Gasteiger partial charge in [-0.25, -0.2) is 18.4 Å². The van der Waals surface area contributed by atoms with Crippen LogP contribution < -0.4 is 19.1 Å². The van der Waals surface area contributed by atoms with Crippen LogP contribution in [0.1, 0.15) is 13.8 Å². The molecule has 8 nitrogen and oxygen atoms in total. The SMILES string of the molecule is CCOc1ccc(S(=O)(=O)Nc2cnc(N(C)C)nc2)c(OCC)c1. The van der Waals surface area contributed by atoms with Crippen LogP contribution in [0.2, 0.25) is 0 Å². The Morgan fingerprint density at radius 2 is 1.72 bits per heavy atom. The molecule has 1 aromatic carbocycles. The van der Waals surface area contributed by atoms with Crippen LogP contribution in [0, 0.1) is 0 Å². The van der Waals surface area contributed by atoms with Crippen molar-refractivity contribution in [3.63, 3.8) is 0 Å². The Morgan fingerprint density at radius 3 is 2.28 bits per heavy atom. The summed E-state index contributed by atoms with van der Waals surface area (Å²) in [6, 6.07) is 4.60. The van der Waals surface area contributed by atoms with Crippen LogP contribution in [0.25, 0.3) is 0 Å². The molecule has 0 aliphatic rings. The Labute approximate surface area is 147 Å². The molecule has 2 aromatic rings. The summed E-state index contributed by atoms with van der Waals surface area (Å²) in [5.74, 6) is 1.26. The second-order valence-electron chi connectivity index (χ2n) is 5.25. The van der Waals surface area contributed by atoms with Gasteiger partial charge < -0.3 is 14.4 Å². The molecule has 25 heavy (non-hydrogen) atoms. The van der Waals surface area contributed by atoms with Crippen molar-refractivity contribution >= 4 is 21.7 Å². The first-order valence-corrected chi connectivity index (χ1v) is 9.27. The molecule has 0 aliphatic heterocycles. The van der Waals surface area contributed by atoms with Gasteiger partial charge in [-0.2, -0.15) is 0 Å². The number of hydrogen-bond acceptors (Lipinski definition) is 7. The van der Waals surface area contributed by atoms with E-state index in [-0.39, 0.29) is 16.3 Å². The van der Waals surface area contributed by atoms with Gasteiger partial charge in [0.15, 0.2) is 0 Å². The van der Waals surface area contributed by atoms with Gasteiger partial charge in [-0.3, -0.25) is 4.72 Å². The lowest BCUT2D eigenvalue weighted by molar-refractivity contribution is 0.317. The van der Waals surface area contributed by atoms with Crippen molar-refractivity contribution in [2.24, 2.45) is 0 Å². The van der Waals surface area contributed by atoms with Crippen LogP contribution in [0.5, 0.6) is 11.5 Å². The molecule has 0 saturated carbocycles. The minimum atomic E-state index is -3.86. The lowest BCUT2D eigenvalue weighted by Gasteiger charge is -2.14. The van der Waals surface area contributed by atoms with Crippen LogP contribution in [0.3, 0.4) is 0 Å². The summed E-state index contributed by atoms with van der Waals surface area (Å²) in [5.41, 5.74) is 0.266. The largest absolute Gasteiger partial charge is 0.494 e. The minimum Gasteiger partial charge on any atom is -0.494 e. The third kappa shape index (κ3) is 4.72. The fraction of sp³-hybridized carbons (Fsp3) is 0.375. The van der Waals surface area contributed by atoms with Crippen molar-refractivity contribution in [2.75, 3.05) is 36.9 Å². The molecular formula is C16H22N4O4S. The number of benzene rings is 1. The van der Waals surface area contributed by atoms with Gasteiger partial charge in [-0.15, -0.1) is 0 Å². The van der Waals surface area contributed by atoms with E-state index >= 15 is 0 Å². The van der Waals surface area contributed by atoms with E-state index in [4.69, 9.17) is 9.47 Å². The molecule has 1 N–H and O–H groups in total. The molecule has 136 valence electrons. The summed E-state index contributed by atoms with van der Waals surface area (Å²) in [6.45, 7) is 4.44. The first-order chi connectivity index (χ1) is 11.9. The zero-order valence-corrected chi connectivity index (χ0v) is 15.5. The zero-order chi connectivity index (χ0) is 18.4. The quantitative estimate of drug-likeness (QED) is 0.765. The maximum absolute atomic E-state index is 12.7. The molecule has 2 rings (SSSR count). The van der Waals surface area contributed by atoms with Gasteiger partial charge in [0, 0.05) is 20.2 Å². The fourth-order valence-corrected chi connectivity index (χ4v) is 3.21. The second kappa shape index (κ2) is 8.02. The van der Waals surface area contributed by atoms with Crippen LogP contribution in [-0.4, -0.2) is 45.7 Å². The minimum absolute atomic E-state index is 0.0227. The van der Waals surface area contributed by atoms with Crippen molar-refractivity contribution in [1.82, 2.24) is 9.97 Å². The van der Waals surface area contributed by atoms with Crippen LogP contribution >= 0.6 is 0 Å². The second-order valence-corrected chi connectivity index (χ2v) is 6.90. The van der Waals surface area contributed by atoms with Crippen LogP contribution in [-0.2, 0) is 10.0 Å². The van der Waals surface area contributed by atoms with E-state index < -0.39 is 10.0 Å². The number of nitrogens with one attached hydrogen (secondary N) is 1. The molecule has 0 spiro atoms. The predicted molar refractivity (Wildman–Crippen MR) is 95.9 cm³/mol. The maximum atomic E-state index is 12.7. The van der Waals surface area contributed by atoms with Crippen molar-refractivity contribution in [3.05, 3.63) is 30.6 Å². The number of sulfonamides is 1. The standard InChI is InChI=1S/C16H22N4O4S/c1-5-23-13-7-8-15(14(9-13)24-6-2)25(21,22)19-12-10-17-16(18-11-12)20(3)4/h7-11,19H,5-6H2,1-4H3. The molecule has 0 bridgehead atoms. The summed E-state index contributed by atoms with van der Waals surface area (Å²) in [7, 11) is -0.257. The average Bonchev–Trinajstić information content (AvgIpc) is 2.55. The van der Waals surface area contributed by atoms with Gasteiger partial charge >= 0.3 is 0 Å². The highest BCUT2D eigenvalue weighted by Gasteiger charge is 2.21.